The maximum Gasteiger partial charge on any atom is 0.251 e. The summed E-state index contributed by atoms with van der Waals surface area (Å²) in [5, 5.41) is 3.07. The maximum absolute atomic E-state index is 14.2. The SMILES string of the molecule is Cc1ccc(-c2cc(Br)ccc2OCc2ccc(F)cc2F)n1-c1cccc(C(=O)N[C@@H](C)c2ccccc2)c1. The summed E-state index contributed by atoms with van der Waals surface area (Å²) < 4.78 is 36.5. The lowest BCUT2D eigenvalue weighted by Crippen LogP contribution is -2.26. The molecule has 0 saturated carbocycles. The molecule has 4 nitrogen and oxygen atoms in total. The molecule has 0 unspecified atom stereocenters. The van der Waals surface area contributed by atoms with E-state index in [-0.39, 0.29) is 24.1 Å². The lowest BCUT2D eigenvalue weighted by Gasteiger charge is -2.18. The Labute approximate surface area is 240 Å². The van der Waals surface area contributed by atoms with Crippen LogP contribution in [-0.4, -0.2) is 10.5 Å². The first-order chi connectivity index (χ1) is 19.3. The molecule has 5 aromatic rings. The monoisotopic (exact) mass is 600 g/mol. The Balaban J connectivity index is 1.45. The van der Waals surface area contributed by atoms with Crippen LogP contribution in [-0.2, 0) is 6.61 Å². The van der Waals surface area contributed by atoms with Crippen molar-refractivity contribution in [3.63, 3.8) is 0 Å². The second-order valence-electron chi connectivity index (χ2n) is 9.52. The molecule has 202 valence electrons. The van der Waals surface area contributed by atoms with E-state index in [4.69, 9.17) is 4.74 Å². The Kier molecular flexibility index (Phi) is 8.12. The summed E-state index contributed by atoms with van der Waals surface area (Å²) in [6, 6.07) is 30.1. The number of nitrogens with zero attached hydrogens (tertiary/aromatic N) is 1. The number of hydrogen-bond acceptors (Lipinski definition) is 2. The van der Waals surface area contributed by atoms with Crippen LogP contribution in [0.4, 0.5) is 8.78 Å². The number of ether oxygens (including phenoxy) is 1. The van der Waals surface area contributed by atoms with Crippen LogP contribution < -0.4 is 10.1 Å². The van der Waals surface area contributed by atoms with E-state index < -0.39 is 11.6 Å². The van der Waals surface area contributed by atoms with Gasteiger partial charge in [0.15, 0.2) is 0 Å². The van der Waals surface area contributed by atoms with Gasteiger partial charge in [-0.15, -0.1) is 0 Å². The summed E-state index contributed by atoms with van der Waals surface area (Å²) in [6.07, 6.45) is 0. The molecule has 4 aromatic carbocycles. The van der Waals surface area contributed by atoms with Crippen LogP contribution in [0.2, 0.25) is 0 Å². The van der Waals surface area contributed by atoms with E-state index in [0.717, 1.165) is 38.7 Å². The lowest BCUT2D eigenvalue weighted by molar-refractivity contribution is 0.0940. The lowest BCUT2D eigenvalue weighted by atomic mass is 10.1. The summed E-state index contributed by atoms with van der Waals surface area (Å²) >= 11 is 3.55. The van der Waals surface area contributed by atoms with Crippen molar-refractivity contribution in [3.8, 4) is 22.7 Å². The zero-order valence-electron chi connectivity index (χ0n) is 22.0. The van der Waals surface area contributed by atoms with Gasteiger partial charge in [-0.3, -0.25) is 4.79 Å². The summed E-state index contributed by atoms with van der Waals surface area (Å²) in [7, 11) is 0. The number of benzene rings is 4. The Morgan fingerprint density at radius 3 is 2.50 bits per heavy atom. The fourth-order valence-electron chi connectivity index (χ4n) is 4.61. The third-order valence-electron chi connectivity index (χ3n) is 6.71. The first kappa shape index (κ1) is 27.3. The zero-order chi connectivity index (χ0) is 28.2. The summed E-state index contributed by atoms with van der Waals surface area (Å²) in [4.78, 5) is 13.2. The number of aromatic nitrogens is 1. The third kappa shape index (κ3) is 6.00. The van der Waals surface area contributed by atoms with Gasteiger partial charge in [-0.25, -0.2) is 8.78 Å². The first-order valence-electron chi connectivity index (χ1n) is 12.8. The van der Waals surface area contributed by atoms with E-state index in [1.807, 2.05) is 97.3 Å². The van der Waals surface area contributed by atoms with E-state index in [1.165, 1.54) is 12.1 Å². The van der Waals surface area contributed by atoms with Gasteiger partial charge in [-0.05, 0) is 80.1 Å². The van der Waals surface area contributed by atoms with Crippen molar-refractivity contribution in [2.75, 3.05) is 0 Å². The van der Waals surface area contributed by atoms with E-state index >= 15 is 0 Å². The largest absolute Gasteiger partial charge is 0.488 e. The number of nitrogens with one attached hydrogen (secondary N) is 1. The first-order valence-corrected chi connectivity index (χ1v) is 13.6. The second kappa shape index (κ2) is 11.9. The summed E-state index contributed by atoms with van der Waals surface area (Å²) in [5.41, 5.74) is 5.20. The van der Waals surface area contributed by atoms with Gasteiger partial charge in [0.2, 0.25) is 0 Å². The quantitative estimate of drug-likeness (QED) is 0.194. The highest BCUT2D eigenvalue weighted by molar-refractivity contribution is 9.10. The molecule has 0 spiro atoms. The third-order valence-corrected chi connectivity index (χ3v) is 7.20. The van der Waals surface area contributed by atoms with Crippen molar-refractivity contribution in [1.82, 2.24) is 9.88 Å². The van der Waals surface area contributed by atoms with E-state index in [0.29, 0.717) is 11.3 Å². The number of aryl methyl sites for hydroxylation is 1. The molecule has 1 atom stereocenters. The fourth-order valence-corrected chi connectivity index (χ4v) is 4.97. The number of carbonyl (C=O) groups excluding carboxylic acids is 1. The molecule has 1 heterocycles. The van der Waals surface area contributed by atoms with Crippen molar-refractivity contribution in [2.45, 2.75) is 26.5 Å². The van der Waals surface area contributed by atoms with Gasteiger partial charge < -0.3 is 14.6 Å². The van der Waals surface area contributed by atoms with Gasteiger partial charge in [0.05, 0.1) is 11.7 Å². The maximum atomic E-state index is 14.2. The molecule has 1 amide bonds. The normalized spacial score (nSPS) is 11.7. The Morgan fingerprint density at radius 2 is 1.73 bits per heavy atom. The second-order valence-corrected chi connectivity index (χ2v) is 10.4. The molecule has 5 rings (SSSR count). The number of rotatable bonds is 8. The highest BCUT2D eigenvalue weighted by atomic mass is 79.9. The van der Waals surface area contributed by atoms with Gasteiger partial charge in [0, 0.05) is 38.6 Å². The van der Waals surface area contributed by atoms with E-state index in [9.17, 15) is 13.6 Å². The summed E-state index contributed by atoms with van der Waals surface area (Å²) in [6.45, 7) is 3.88. The molecule has 1 N–H and O–H groups in total. The van der Waals surface area contributed by atoms with Crippen LogP contribution in [0, 0.1) is 18.6 Å². The molecule has 0 aliphatic carbocycles. The molecule has 40 heavy (non-hydrogen) atoms. The van der Waals surface area contributed by atoms with Crippen molar-refractivity contribution in [1.29, 1.82) is 0 Å². The van der Waals surface area contributed by atoms with Gasteiger partial charge in [0.25, 0.3) is 5.91 Å². The van der Waals surface area contributed by atoms with Crippen molar-refractivity contribution >= 4 is 21.8 Å². The van der Waals surface area contributed by atoms with Gasteiger partial charge in [-0.2, -0.15) is 0 Å². The average molecular weight is 601 g/mol. The van der Waals surface area contributed by atoms with Crippen LogP contribution >= 0.6 is 15.9 Å². The van der Waals surface area contributed by atoms with Gasteiger partial charge in [-0.1, -0.05) is 52.3 Å². The Bertz CT molecular complexity index is 1670. The molecule has 1 aromatic heterocycles. The van der Waals surface area contributed by atoms with Crippen LogP contribution in [0.1, 0.15) is 40.1 Å². The molecule has 7 heteroatoms. The minimum Gasteiger partial charge on any atom is -0.488 e. The highest BCUT2D eigenvalue weighted by Gasteiger charge is 2.17. The smallest absolute Gasteiger partial charge is 0.251 e. The molecule has 0 saturated heterocycles. The predicted molar refractivity (Wildman–Crippen MR) is 157 cm³/mol. The van der Waals surface area contributed by atoms with Crippen molar-refractivity contribution < 1.29 is 18.3 Å². The topological polar surface area (TPSA) is 43.3 Å². The van der Waals surface area contributed by atoms with Crippen LogP contribution in [0.5, 0.6) is 5.75 Å². The van der Waals surface area contributed by atoms with E-state index in [1.54, 1.807) is 6.07 Å². The number of hydrogen-bond donors (Lipinski definition) is 1. The fraction of sp³-hybridized carbons (Fsp3) is 0.121. The molecule has 0 aliphatic rings. The van der Waals surface area contributed by atoms with Crippen molar-refractivity contribution in [3.05, 3.63) is 142 Å². The van der Waals surface area contributed by atoms with Gasteiger partial charge >= 0.3 is 0 Å². The molecule has 0 aliphatic heterocycles. The number of amides is 1. The van der Waals surface area contributed by atoms with Crippen LogP contribution in [0.15, 0.2) is 108 Å². The average Bonchev–Trinajstić information content (AvgIpc) is 3.34. The number of carbonyl (C=O) groups is 1. The molecule has 0 fully saturated rings. The van der Waals surface area contributed by atoms with Crippen LogP contribution in [0.3, 0.4) is 0 Å². The minimum atomic E-state index is -0.658. The molecule has 0 radical (unpaired) electrons. The summed E-state index contributed by atoms with van der Waals surface area (Å²) in [5.74, 6) is -0.923. The van der Waals surface area contributed by atoms with E-state index in [2.05, 4.69) is 21.2 Å². The minimum absolute atomic E-state index is 0.0598. The standard InChI is InChI=1S/C33H27BrF2N2O2/c1-21-11-15-31(29-18-26(34)13-16-32(29)40-20-25-12-14-27(35)19-30(25)36)38(21)28-10-6-9-24(17-28)33(39)37-22(2)23-7-4-3-5-8-23/h3-19,22H,20H2,1-2H3,(H,37,39)/t22-/m0/s1. The van der Waals surface area contributed by atoms with Crippen molar-refractivity contribution in [2.24, 2.45) is 0 Å². The molecular weight excluding hydrogens is 574 g/mol. The molecule has 0 bridgehead atoms. The molecular formula is C33H27BrF2N2O2. The Morgan fingerprint density at radius 1 is 0.925 bits per heavy atom. The van der Waals surface area contributed by atoms with Gasteiger partial charge in [0.1, 0.15) is 24.0 Å². The highest BCUT2D eigenvalue weighted by Crippen LogP contribution is 2.36. The van der Waals surface area contributed by atoms with Crippen LogP contribution in [0.25, 0.3) is 16.9 Å². The predicted octanol–water partition coefficient (Wildman–Crippen LogP) is 8.56. The zero-order valence-corrected chi connectivity index (χ0v) is 23.6. The Hall–Kier alpha value is -4.23. The number of halogens is 3.